The molecule has 0 saturated carbocycles. The number of hydrogen-bond acceptors (Lipinski definition) is 5. The summed E-state index contributed by atoms with van der Waals surface area (Å²) in [6.07, 6.45) is -0.0109. The highest BCUT2D eigenvalue weighted by molar-refractivity contribution is 5.69. The molecule has 0 aromatic rings. The van der Waals surface area contributed by atoms with Gasteiger partial charge in [0.25, 0.3) is 0 Å². The largest absolute Gasteiger partial charge is 0.444 e. The first kappa shape index (κ1) is 13.8. The summed E-state index contributed by atoms with van der Waals surface area (Å²) in [4.78, 5) is 24.1. The minimum absolute atomic E-state index is 0.168. The van der Waals surface area contributed by atoms with Gasteiger partial charge in [0.2, 0.25) is 0 Å². The Kier molecular flexibility index (Phi) is 3.66. The van der Waals surface area contributed by atoms with Crippen LogP contribution >= 0.6 is 0 Å². The zero-order chi connectivity index (χ0) is 13.3. The maximum absolute atomic E-state index is 11.7. The summed E-state index contributed by atoms with van der Waals surface area (Å²) in [5.74, 6) is -0.446. The quantitative estimate of drug-likeness (QED) is 0.546. The van der Waals surface area contributed by atoms with E-state index in [1.165, 1.54) is 11.8 Å². The average Bonchev–Trinajstić information content (AvgIpc) is 2.43. The van der Waals surface area contributed by atoms with Crippen LogP contribution < -0.4 is 5.73 Å². The van der Waals surface area contributed by atoms with Gasteiger partial charge in [0.1, 0.15) is 5.60 Å². The summed E-state index contributed by atoms with van der Waals surface area (Å²) >= 11 is 0. The third-order valence-corrected chi connectivity index (χ3v) is 2.26. The lowest BCUT2D eigenvalue weighted by Gasteiger charge is -2.26. The molecule has 1 heterocycles. The first-order valence-corrected chi connectivity index (χ1v) is 5.58. The van der Waals surface area contributed by atoms with Gasteiger partial charge in [0.05, 0.1) is 6.54 Å². The molecular formula is C11H20N2O4. The molecule has 0 spiro atoms. The Labute approximate surface area is 101 Å². The van der Waals surface area contributed by atoms with E-state index in [-0.39, 0.29) is 6.54 Å². The van der Waals surface area contributed by atoms with Gasteiger partial charge in [-0.2, -0.15) is 0 Å². The van der Waals surface area contributed by atoms with Crippen molar-refractivity contribution < 1.29 is 19.1 Å². The summed E-state index contributed by atoms with van der Waals surface area (Å²) in [5.41, 5.74) is 4.24. The number of rotatable bonds is 1. The van der Waals surface area contributed by atoms with E-state index >= 15 is 0 Å². The lowest BCUT2D eigenvalue weighted by molar-refractivity contribution is -0.155. The topological polar surface area (TPSA) is 81.9 Å². The fourth-order valence-electron chi connectivity index (χ4n) is 1.66. The number of hydrogen-bond donors (Lipinski definition) is 1. The van der Waals surface area contributed by atoms with Crippen LogP contribution in [0.15, 0.2) is 0 Å². The number of ether oxygens (including phenoxy) is 2. The van der Waals surface area contributed by atoms with Crippen LogP contribution in [0.2, 0.25) is 0 Å². The van der Waals surface area contributed by atoms with Gasteiger partial charge in [-0.3, -0.25) is 10.5 Å². The molecule has 0 aromatic carbocycles. The molecule has 1 rings (SSSR count). The zero-order valence-electron chi connectivity index (χ0n) is 10.8. The number of nitrogens with zero attached hydrogens (tertiary/aromatic N) is 1. The van der Waals surface area contributed by atoms with Gasteiger partial charge in [0, 0.05) is 19.9 Å². The van der Waals surface area contributed by atoms with Crippen LogP contribution in [0, 0.1) is 0 Å². The Morgan fingerprint density at radius 3 is 2.41 bits per heavy atom. The number of likely N-dealkylation sites (tertiary alicyclic amines) is 1. The number of amides is 1. The summed E-state index contributed by atoms with van der Waals surface area (Å²) in [6, 6.07) is 0. The van der Waals surface area contributed by atoms with Crippen molar-refractivity contribution in [3.63, 3.8) is 0 Å². The fourth-order valence-corrected chi connectivity index (χ4v) is 1.66. The van der Waals surface area contributed by atoms with Gasteiger partial charge >= 0.3 is 12.1 Å². The molecule has 0 radical (unpaired) electrons. The fraction of sp³-hybridized carbons (Fsp3) is 0.818. The number of carbonyl (C=O) groups excluding carboxylic acids is 2. The Morgan fingerprint density at radius 2 is 1.94 bits per heavy atom. The van der Waals surface area contributed by atoms with Crippen molar-refractivity contribution in [1.82, 2.24) is 4.90 Å². The molecule has 1 aliphatic heterocycles. The molecule has 17 heavy (non-hydrogen) atoms. The molecule has 1 unspecified atom stereocenters. The van der Waals surface area contributed by atoms with E-state index < -0.39 is 23.4 Å². The average molecular weight is 244 g/mol. The molecule has 1 saturated heterocycles. The van der Waals surface area contributed by atoms with E-state index in [9.17, 15) is 9.59 Å². The molecule has 1 fully saturated rings. The lowest BCUT2D eigenvalue weighted by atomic mass is 10.2. The lowest BCUT2D eigenvalue weighted by Crippen LogP contribution is -2.47. The summed E-state index contributed by atoms with van der Waals surface area (Å²) in [5, 5.41) is 0. The van der Waals surface area contributed by atoms with Crippen molar-refractivity contribution in [3.8, 4) is 0 Å². The normalized spacial score (nSPS) is 24.6. The molecule has 0 aromatic heterocycles. The molecule has 2 N–H and O–H groups in total. The Balaban J connectivity index is 2.55. The Morgan fingerprint density at radius 1 is 1.35 bits per heavy atom. The van der Waals surface area contributed by atoms with Crippen molar-refractivity contribution in [1.29, 1.82) is 0 Å². The number of nitrogens with two attached hydrogens (primary N) is 1. The Hall–Kier alpha value is -1.30. The molecule has 0 bridgehead atoms. The maximum Gasteiger partial charge on any atom is 0.410 e. The highest BCUT2D eigenvalue weighted by Crippen LogP contribution is 2.22. The van der Waals surface area contributed by atoms with Crippen molar-refractivity contribution >= 4 is 12.1 Å². The van der Waals surface area contributed by atoms with Gasteiger partial charge < -0.3 is 14.4 Å². The molecule has 6 nitrogen and oxygen atoms in total. The second-order valence-electron chi connectivity index (χ2n) is 5.31. The molecule has 98 valence electrons. The monoisotopic (exact) mass is 244 g/mol. The van der Waals surface area contributed by atoms with Gasteiger partial charge in [-0.25, -0.2) is 4.79 Å². The van der Waals surface area contributed by atoms with Gasteiger partial charge in [-0.15, -0.1) is 0 Å². The molecule has 1 amide bonds. The second-order valence-corrected chi connectivity index (χ2v) is 5.31. The first-order valence-electron chi connectivity index (χ1n) is 5.58. The minimum atomic E-state index is -1.08. The molecular weight excluding hydrogens is 224 g/mol. The first-order chi connectivity index (χ1) is 7.61. The van der Waals surface area contributed by atoms with Gasteiger partial charge in [-0.1, -0.05) is 0 Å². The van der Waals surface area contributed by atoms with Crippen LogP contribution in [0.4, 0.5) is 4.79 Å². The van der Waals surface area contributed by atoms with Crippen molar-refractivity contribution in [3.05, 3.63) is 0 Å². The third-order valence-electron chi connectivity index (χ3n) is 2.26. The highest BCUT2D eigenvalue weighted by Gasteiger charge is 2.40. The van der Waals surface area contributed by atoms with Crippen molar-refractivity contribution in [2.75, 3.05) is 13.1 Å². The number of carbonyl (C=O) groups is 2. The van der Waals surface area contributed by atoms with E-state index in [1.807, 2.05) is 0 Å². The smallest absolute Gasteiger partial charge is 0.410 e. The Bertz CT molecular complexity index is 324. The van der Waals surface area contributed by atoms with Crippen molar-refractivity contribution in [2.45, 2.75) is 45.4 Å². The number of esters is 1. The van der Waals surface area contributed by atoms with E-state index in [1.54, 1.807) is 20.8 Å². The van der Waals surface area contributed by atoms with E-state index in [0.717, 1.165) is 0 Å². The van der Waals surface area contributed by atoms with Crippen LogP contribution in [-0.4, -0.2) is 41.4 Å². The zero-order valence-corrected chi connectivity index (χ0v) is 10.8. The molecule has 1 aliphatic rings. The van der Waals surface area contributed by atoms with Crippen LogP contribution in [0.1, 0.15) is 34.1 Å². The predicted octanol–water partition coefficient (Wildman–Crippen LogP) is 0.845. The van der Waals surface area contributed by atoms with Crippen LogP contribution in [0.3, 0.4) is 0 Å². The van der Waals surface area contributed by atoms with Gasteiger partial charge in [-0.05, 0) is 20.8 Å². The van der Waals surface area contributed by atoms with Crippen LogP contribution in [0.5, 0.6) is 0 Å². The van der Waals surface area contributed by atoms with Gasteiger partial charge in [0.15, 0.2) is 5.72 Å². The summed E-state index contributed by atoms with van der Waals surface area (Å²) in [6.45, 7) is 7.28. The molecule has 1 atom stereocenters. The third kappa shape index (κ3) is 4.22. The SMILES string of the molecule is CC(=O)OC1(N)CCN(C(=O)OC(C)(C)C)C1. The van der Waals surface area contributed by atoms with Crippen LogP contribution in [0.25, 0.3) is 0 Å². The van der Waals surface area contributed by atoms with Crippen LogP contribution in [-0.2, 0) is 14.3 Å². The van der Waals surface area contributed by atoms with E-state index in [2.05, 4.69) is 0 Å². The standard InChI is InChI=1S/C11H20N2O4/c1-8(14)16-11(12)5-6-13(7-11)9(15)17-10(2,3)4/h5-7,12H2,1-4H3. The highest BCUT2D eigenvalue weighted by atomic mass is 16.6. The van der Waals surface area contributed by atoms with E-state index in [0.29, 0.717) is 13.0 Å². The maximum atomic E-state index is 11.7. The summed E-state index contributed by atoms with van der Waals surface area (Å²) in [7, 11) is 0. The molecule has 6 heteroatoms. The second kappa shape index (κ2) is 4.52. The minimum Gasteiger partial charge on any atom is -0.444 e. The molecule has 0 aliphatic carbocycles. The van der Waals surface area contributed by atoms with E-state index in [4.69, 9.17) is 15.2 Å². The predicted molar refractivity (Wildman–Crippen MR) is 61.1 cm³/mol. The summed E-state index contributed by atoms with van der Waals surface area (Å²) < 4.78 is 10.2. The van der Waals surface area contributed by atoms with Crippen molar-refractivity contribution in [2.24, 2.45) is 5.73 Å².